The molecular weight excluding hydrogens is 226 g/mol. The van der Waals surface area contributed by atoms with Crippen LogP contribution in [0.15, 0.2) is 0 Å². The van der Waals surface area contributed by atoms with Crippen LogP contribution >= 0.6 is 0 Å². The van der Waals surface area contributed by atoms with Gasteiger partial charge in [-0.2, -0.15) is 0 Å². The molecule has 0 radical (unpaired) electrons. The van der Waals surface area contributed by atoms with E-state index in [4.69, 9.17) is 5.11 Å². The van der Waals surface area contributed by atoms with E-state index in [-0.39, 0.29) is 0 Å². The molecule has 1 saturated carbocycles. The Morgan fingerprint density at radius 1 is 1.06 bits per heavy atom. The van der Waals surface area contributed by atoms with E-state index in [2.05, 4.69) is 4.90 Å². The molecule has 0 bridgehead atoms. The van der Waals surface area contributed by atoms with E-state index in [0.717, 1.165) is 24.8 Å². The van der Waals surface area contributed by atoms with E-state index in [1.165, 1.54) is 58.0 Å². The number of aliphatic carboxylic acids is 1. The SMILES string of the molecule is O=C(O)CCCCCN1CCC[C@H]2CCCC[C@H]21. The third kappa shape index (κ3) is 3.98. The van der Waals surface area contributed by atoms with Crippen molar-refractivity contribution in [1.82, 2.24) is 4.90 Å². The number of rotatable bonds is 6. The summed E-state index contributed by atoms with van der Waals surface area (Å²) in [6.45, 7) is 2.47. The molecule has 2 fully saturated rings. The van der Waals surface area contributed by atoms with Gasteiger partial charge in [-0.05, 0) is 57.5 Å². The van der Waals surface area contributed by atoms with Crippen LogP contribution in [0.2, 0.25) is 0 Å². The van der Waals surface area contributed by atoms with Crippen LogP contribution in [0.3, 0.4) is 0 Å². The minimum Gasteiger partial charge on any atom is -0.481 e. The monoisotopic (exact) mass is 253 g/mol. The molecule has 0 amide bonds. The zero-order valence-electron chi connectivity index (χ0n) is 11.4. The minimum atomic E-state index is -0.652. The summed E-state index contributed by atoms with van der Waals surface area (Å²) in [5, 5.41) is 8.61. The van der Waals surface area contributed by atoms with E-state index in [9.17, 15) is 4.79 Å². The maximum absolute atomic E-state index is 10.4. The summed E-state index contributed by atoms with van der Waals surface area (Å²) in [5.41, 5.74) is 0. The number of likely N-dealkylation sites (tertiary alicyclic amines) is 1. The predicted molar refractivity (Wildman–Crippen MR) is 72.7 cm³/mol. The molecule has 0 aromatic rings. The molecule has 18 heavy (non-hydrogen) atoms. The topological polar surface area (TPSA) is 40.5 Å². The van der Waals surface area contributed by atoms with Gasteiger partial charge in [0.25, 0.3) is 0 Å². The number of hydrogen-bond acceptors (Lipinski definition) is 2. The van der Waals surface area contributed by atoms with E-state index in [0.29, 0.717) is 6.42 Å². The molecule has 3 heteroatoms. The second-order valence-electron chi connectivity index (χ2n) is 5.99. The molecule has 0 unspecified atom stereocenters. The summed E-state index contributed by atoms with van der Waals surface area (Å²) < 4.78 is 0. The lowest BCUT2D eigenvalue weighted by Gasteiger charge is -2.44. The summed E-state index contributed by atoms with van der Waals surface area (Å²) in [6, 6.07) is 0.854. The first-order chi connectivity index (χ1) is 8.77. The molecule has 0 spiro atoms. The molecule has 1 saturated heterocycles. The van der Waals surface area contributed by atoms with Crippen molar-refractivity contribution >= 4 is 5.97 Å². The standard InChI is InChI=1S/C15H27NO2/c17-15(18)10-2-1-5-11-16-12-6-8-13-7-3-4-9-14(13)16/h13-14H,1-12H2,(H,17,18)/t13-,14-/m1/s1. The predicted octanol–water partition coefficient (Wildman–Crippen LogP) is 3.29. The van der Waals surface area contributed by atoms with Gasteiger partial charge in [0, 0.05) is 12.5 Å². The van der Waals surface area contributed by atoms with Crippen LogP contribution in [-0.2, 0) is 4.79 Å². The summed E-state index contributed by atoms with van der Waals surface area (Å²) >= 11 is 0. The first-order valence-corrected chi connectivity index (χ1v) is 7.73. The highest BCUT2D eigenvalue weighted by Crippen LogP contribution is 2.35. The average Bonchev–Trinajstić information content (AvgIpc) is 2.38. The summed E-state index contributed by atoms with van der Waals surface area (Å²) in [4.78, 5) is 13.1. The van der Waals surface area contributed by atoms with Crippen LogP contribution in [0.5, 0.6) is 0 Å². The zero-order valence-corrected chi connectivity index (χ0v) is 11.4. The average molecular weight is 253 g/mol. The van der Waals surface area contributed by atoms with Crippen LogP contribution in [0.1, 0.15) is 64.2 Å². The van der Waals surface area contributed by atoms with E-state index in [1.807, 2.05) is 0 Å². The number of hydrogen-bond donors (Lipinski definition) is 1. The number of unbranched alkanes of at least 4 members (excludes halogenated alkanes) is 2. The first-order valence-electron chi connectivity index (χ1n) is 7.73. The number of piperidine rings is 1. The number of carboxylic acid groups (broad SMARTS) is 1. The number of fused-ring (bicyclic) bond motifs is 1. The van der Waals surface area contributed by atoms with Gasteiger partial charge in [-0.25, -0.2) is 0 Å². The van der Waals surface area contributed by atoms with Crippen LogP contribution in [0, 0.1) is 5.92 Å². The molecule has 2 aliphatic rings. The normalized spacial score (nSPS) is 28.9. The van der Waals surface area contributed by atoms with E-state index >= 15 is 0 Å². The van der Waals surface area contributed by atoms with Gasteiger partial charge in [0.05, 0.1) is 0 Å². The lowest BCUT2D eigenvalue weighted by Crippen LogP contribution is -2.47. The molecule has 104 valence electrons. The summed E-state index contributed by atoms with van der Waals surface area (Å²) in [5.74, 6) is 0.312. The Hall–Kier alpha value is -0.570. The fourth-order valence-corrected chi connectivity index (χ4v) is 3.77. The highest BCUT2D eigenvalue weighted by atomic mass is 16.4. The van der Waals surface area contributed by atoms with Crippen molar-refractivity contribution in [2.24, 2.45) is 5.92 Å². The smallest absolute Gasteiger partial charge is 0.303 e. The van der Waals surface area contributed by atoms with Crippen LogP contribution in [0.25, 0.3) is 0 Å². The van der Waals surface area contributed by atoms with Gasteiger partial charge in [-0.3, -0.25) is 4.79 Å². The number of carboxylic acids is 1. The molecule has 3 nitrogen and oxygen atoms in total. The van der Waals surface area contributed by atoms with Crippen molar-refractivity contribution in [3.63, 3.8) is 0 Å². The van der Waals surface area contributed by atoms with Crippen LogP contribution < -0.4 is 0 Å². The quantitative estimate of drug-likeness (QED) is 0.738. The fraction of sp³-hybridized carbons (Fsp3) is 0.933. The molecule has 1 heterocycles. The van der Waals surface area contributed by atoms with Gasteiger partial charge in [-0.15, -0.1) is 0 Å². The van der Waals surface area contributed by atoms with Crippen molar-refractivity contribution < 1.29 is 9.90 Å². The van der Waals surface area contributed by atoms with Gasteiger partial charge in [0.1, 0.15) is 0 Å². The maximum atomic E-state index is 10.4. The van der Waals surface area contributed by atoms with E-state index < -0.39 is 5.97 Å². The Kier molecular flexibility index (Phi) is 5.48. The molecule has 1 aliphatic carbocycles. The molecule has 0 aromatic heterocycles. The Balaban J connectivity index is 1.66. The molecule has 2 atom stereocenters. The van der Waals surface area contributed by atoms with Crippen LogP contribution in [0.4, 0.5) is 0 Å². The molecule has 0 aromatic carbocycles. The van der Waals surface area contributed by atoms with Crippen LogP contribution in [-0.4, -0.2) is 35.1 Å². The molecule has 2 rings (SSSR count). The maximum Gasteiger partial charge on any atom is 0.303 e. The molecule has 1 N–H and O–H groups in total. The molecule has 1 aliphatic heterocycles. The Morgan fingerprint density at radius 3 is 2.67 bits per heavy atom. The minimum absolute atomic E-state index is 0.339. The number of carbonyl (C=O) groups is 1. The van der Waals surface area contributed by atoms with E-state index in [1.54, 1.807) is 0 Å². The zero-order chi connectivity index (χ0) is 12.8. The summed E-state index contributed by atoms with van der Waals surface area (Å²) in [6.07, 6.45) is 11.9. The van der Waals surface area contributed by atoms with Crippen molar-refractivity contribution in [3.05, 3.63) is 0 Å². The Bertz CT molecular complexity index is 265. The second kappa shape index (κ2) is 7.13. The van der Waals surface area contributed by atoms with Gasteiger partial charge < -0.3 is 10.0 Å². The second-order valence-corrected chi connectivity index (χ2v) is 5.99. The third-order valence-corrected chi connectivity index (χ3v) is 4.69. The third-order valence-electron chi connectivity index (χ3n) is 4.69. The lowest BCUT2D eigenvalue weighted by atomic mass is 9.78. The lowest BCUT2D eigenvalue weighted by molar-refractivity contribution is -0.137. The van der Waals surface area contributed by atoms with Crippen molar-refractivity contribution in [2.75, 3.05) is 13.1 Å². The number of nitrogens with zero attached hydrogens (tertiary/aromatic N) is 1. The molecular formula is C15H27NO2. The Labute approximate surface area is 111 Å². The highest BCUT2D eigenvalue weighted by Gasteiger charge is 2.32. The van der Waals surface area contributed by atoms with Gasteiger partial charge >= 0.3 is 5.97 Å². The van der Waals surface area contributed by atoms with Gasteiger partial charge in [0.15, 0.2) is 0 Å². The highest BCUT2D eigenvalue weighted by molar-refractivity contribution is 5.66. The fourth-order valence-electron chi connectivity index (χ4n) is 3.77. The van der Waals surface area contributed by atoms with Gasteiger partial charge in [0.2, 0.25) is 0 Å². The van der Waals surface area contributed by atoms with Crippen molar-refractivity contribution in [1.29, 1.82) is 0 Å². The first kappa shape index (κ1) is 13.9. The largest absolute Gasteiger partial charge is 0.481 e. The summed E-state index contributed by atoms with van der Waals surface area (Å²) in [7, 11) is 0. The Morgan fingerprint density at radius 2 is 1.83 bits per heavy atom. The van der Waals surface area contributed by atoms with Crippen molar-refractivity contribution in [2.45, 2.75) is 70.3 Å². The van der Waals surface area contributed by atoms with Gasteiger partial charge in [-0.1, -0.05) is 19.3 Å². The van der Waals surface area contributed by atoms with Crippen molar-refractivity contribution in [3.8, 4) is 0 Å².